The van der Waals surface area contributed by atoms with Gasteiger partial charge in [0.05, 0.1) is 6.54 Å². The van der Waals surface area contributed by atoms with Gasteiger partial charge in [0.1, 0.15) is 0 Å². The van der Waals surface area contributed by atoms with Crippen LogP contribution in [0.2, 0.25) is 0 Å². The third-order valence-electron chi connectivity index (χ3n) is 1.97. The van der Waals surface area contributed by atoms with Crippen LogP contribution >= 0.6 is 0 Å². The molecule has 1 nitrogen and oxygen atoms in total. The Morgan fingerprint density at radius 2 is 2.75 bits per heavy atom. The first-order valence-corrected chi connectivity index (χ1v) is 3.39. The van der Waals surface area contributed by atoms with Crippen LogP contribution in [0, 0.1) is 0 Å². The van der Waals surface area contributed by atoms with Gasteiger partial charge in [0.25, 0.3) is 0 Å². The Hall–Kier alpha value is -0.460. The van der Waals surface area contributed by atoms with E-state index in [1.54, 1.807) is 5.70 Å². The van der Waals surface area contributed by atoms with Crippen molar-refractivity contribution in [3.8, 4) is 0 Å². The quantitative estimate of drug-likeness (QED) is 0.484. The Balaban J connectivity index is 1.88. The molecule has 0 saturated carbocycles. The molecule has 0 bridgehead atoms. The van der Waals surface area contributed by atoms with Crippen molar-refractivity contribution in [2.75, 3.05) is 6.54 Å². The standard InChI is InChI=1S/C7H11N/c1-2-3-6-4-7-5-8(6)7/h4,6H,2-3,5H2,1H3/t6-,8?/m0/s1. The minimum absolute atomic E-state index is 0.843. The molecule has 44 valence electrons. The number of hydrogen-bond donors (Lipinski definition) is 0. The minimum Gasteiger partial charge on any atom is -0.361 e. The van der Waals surface area contributed by atoms with E-state index in [0.717, 1.165) is 6.04 Å². The van der Waals surface area contributed by atoms with Crippen LogP contribution in [0.1, 0.15) is 19.8 Å². The summed E-state index contributed by atoms with van der Waals surface area (Å²) in [4.78, 5) is 2.46. The lowest BCUT2D eigenvalue weighted by Crippen LogP contribution is -2.20. The van der Waals surface area contributed by atoms with Crippen LogP contribution in [-0.4, -0.2) is 17.5 Å². The van der Waals surface area contributed by atoms with Crippen LogP contribution in [0.25, 0.3) is 0 Å². The van der Waals surface area contributed by atoms with Gasteiger partial charge >= 0.3 is 0 Å². The first kappa shape index (κ1) is 4.42. The molecule has 0 aromatic carbocycles. The molecule has 0 N–H and O–H groups in total. The molecule has 2 heterocycles. The van der Waals surface area contributed by atoms with Gasteiger partial charge in [0, 0.05) is 11.7 Å². The highest BCUT2D eigenvalue weighted by Gasteiger charge is 2.39. The van der Waals surface area contributed by atoms with Crippen molar-refractivity contribution in [3.05, 3.63) is 11.8 Å². The van der Waals surface area contributed by atoms with Gasteiger partial charge in [0.2, 0.25) is 0 Å². The predicted molar refractivity (Wildman–Crippen MR) is 33.5 cm³/mol. The summed E-state index contributed by atoms with van der Waals surface area (Å²) in [6, 6.07) is 0.843. The Kier molecular flexibility index (Phi) is 0.706. The summed E-state index contributed by atoms with van der Waals surface area (Å²) in [7, 11) is 0. The fourth-order valence-corrected chi connectivity index (χ4v) is 1.38. The molecule has 0 unspecified atom stereocenters. The summed E-state index contributed by atoms with van der Waals surface area (Å²) in [6.45, 7) is 3.53. The van der Waals surface area contributed by atoms with E-state index >= 15 is 0 Å². The number of fused-ring (bicyclic) bond motifs is 1. The maximum atomic E-state index is 2.46. The fraction of sp³-hybridized carbons (Fsp3) is 0.714. The molecular formula is C7H11N. The molecule has 8 heavy (non-hydrogen) atoms. The van der Waals surface area contributed by atoms with E-state index in [0.29, 0.717) is 0 Å². The summed E-state index contributed by atoms with van der Waals surface area (Å²) in [5, 5.41) is 0. The first-order valence-electron chi connectivity index (χ1n) is 3.39. The molecule has 1 atom stereocenters. The maximum absolute atomic E-state index is 2.46. The summed E-state index contributed by atoms with van der Waals surface area (Å²) < 4.78 is 0. The maximum Gasteiger partial charge on any atom is 0.0580 e. The van der Waals surface area contributed by atoms with E-state index in [-0.39, 0.29) is 0 Å². The number of rotatable bonds is 2. The van der Waals surface area contributed by atoms with Crippen LogP contribution in [0.5, 0.6) is 0 Å². The second-order valence-electron chi connectivity index (χ2n) is 2.64. The van der Waals surface area contributed by atoms with Gasteiger partial charge in [-0.05, 0) is 12.5 Å². The molecule has 2 rings (SSSR count). The van der Waals surface area contributed by atoms with Gasteiger partial charge in [-0.2, -0.15) is 0 Å². The topological polar surface area (TPSA) is 3.01 Å². The van der Waals surface area contributed by atoms with Crippen LogP contribution in [0.3, 0.4) is 0 Å². The van der Waals surface area contributed by atoms with Crippen molar-refractivity contribution < 1.29 is 0 Å². The smallest absolute Gasteiger partial charge is 0.0580 e. The van der Waals surface area contributed by atoms with Crippen LogP contribution in [0.4, 0.5) is 0 Å². The van der Waals surface area contributed by atoms with Gasteiger partial charge < -0.3 is 4.90 Å². The molecule has 1 heteroatoms. The van der Waals surface area contributed by atoms with E-state index < -0.39 is 0 Å². The predicted octanol–water partition coefficient (Wildman–Crippen LogP) is 1.37. The average Bonchev–Trinajstić information content (AvgIpc) is 2.36. The minimum atomic E-state index is 0.843. The lowest BCUT2D eigenvalue weighted by Gasteiger charge is -2.19. The monoisotopic (exact) mass is 109 g/mol. The van der Waals surface area contributed by atoms with E-state index in [1.165, 1.54) is 19.4 Å². The van der Waals surface area contributed by atoms with E-state index in [4.69, 9.17) is 0 Å². The molecule has 0 aliphatic carbocycles. The van der Waals surface area contributed by atoms with Crippen molar-refractivity contribution in [1.29, 1.82) is 0 Å². The van der Waals surface area contributed by atoms with Gasteiger partial charge in [-0.1, -0.05) is 13.3 Å². The third-order valence-corrected chi connectivity index (χ3v) is 1.97. The zero-order chi connectivity index (χ0) is 5.56. The van der Waals surface area contributed by atoms with E-state index in [1.807, 2.05) is 0 Å². The Morgan fingerprint density at radius 3 is 3.12 bits per heavy atom. The molecule has 2 aliphatic rings. The van der Waals surface area contributed by atoms with Gasteiger partial charge in [-0.25, -0.2) is 0 Å². The highest BCUT2D eigenvalue weighted by Crippen LogP contribution is 2.38. The summed E-state index contributed by atoms with van der Waals surface area (Å²) in [5.41, 5.74) is 1.59. The Morgan fingerprint density at radius 1 is 1.88 bits per heavy atom. The van der Waals surface area contributed by atoms with Gasteiger partial charge in [0.15, 0.2) is 0 Å². The molecule has 0 aromatic heterocycles. The summed E-state index contributed by atoms with van der Waals surface area (Å²) in [6.07, 6.45) is 5.08. The molecule has 2 aliphatic heterocycles. The second-order valence-corrected chi connectivity index (χ2v) is 2.64. The summed E-state index contributed by atoms with van der Waals surface area (Å²) >= 11 is 0. The molecule has 1 saturated heterocycles. The normalized spacial score (nSPS) is 30.9. The Labute approximate surface area is 50.0 Å². The van der Waals surface area contributed by atoms with Crippen molar-refractivity contribution in [3.63, 3.8) is 0 Å². The third kappa shape index (κ3) is 0.417. The molecule has 0 radical (unpaired) electrons. The largest absolute Gasteiger partial charge is 0.361 e. The molecule has 1 fully saturated rings. The second kappa shape index (κ2) is 1.28. The van der Waals surface area contributed by atoms with Crippen molar-refractivity contribution >= 4 is 0 Å². The molecular weight excluding hydrogens is 98.1 g/mol. The number of nitrogens with zero attached hydrogens (tertiary/aromatic N) is 1. The van der Waals surface area contributed by atoms with Gasteiger partial charge in [-0.3, -0.25) is 0 Å². The highest BCUT2D eigenvalue weighted by molar-refractivity contribution is 5.33. The molecule has 0 spiro atoms. The Bertz CT molecular complexity index is 137. The molecule has 0 aromatic rings. The lowest BCUT2D eigenvalue weighted by molar-refractivity contribution is 0.419. The van der Waals surface area contributed by atoms with Crippen molar-refractivity contribution in [2.45, 2.75) is 25.8 Å². The van der Waals surface area contributed by atoms with E-state index in [2.05, 4.69) is 17.9 Å². The summed E-state index contributed by atoms with van der Waals surface area (Å²) in [5.74, 6) is 0. The average molecular weight is 109 g/mol. The van der Waals surface area contributed by atoms with E-state index in [9.17, 15) is 0 Å². The SMILES string of the molecule is CCC[C@H]1C=C2CN21. The lowest BCUT2D eigenvalue weighted by atomic mass is 10.1. The van der Waals surface area contributed by atoms with Crippen LogP contribution in [-0.2, 0) is 0 Å². The number of hydrogen-bond acceptors (Lipinski definition) is 1. The zero-order valence-electron chi connectivity index (χ0n) is 5.22. The van der Waals surface area contributed by atoms with Crippen molar-refractivity contribution in [1.82, 2.24) is 4.90 Å². The highest BCUT2D eigenvalue weighted by atomic mass is 15.3. The molecule has 0 amide bonds. The zero-order valence-corrected chi connectivity index (χ0v) is 5.22. The fourth-order valence-electron chi connectivity index (χ4n) is 1.38. The van der Waals surface area contributed by atoms with Crippen molar-refractivity contribution in [2.24, 2.45) is 0 Å². The van der Waals surface area contributed by atoms with Gasteiger partial charge in [-0.15, -0.1) is 0 Å². The first-order chi connectivity index (χ1) is 3.92. The van der Waals surface area contributed by atoms with Crippen LogP contribution in [0.15, 0.2) is 11.8 Å². The van der Waals surface area contributed by atoms with Crippen LogP contribution < -0.4 is 0 Å².